The van der Waals surface area contributed by atoms with Crippen LogP contribution in [0.1, 0.15) is 31.0 Å². The predicted molar refractivity (Wildman–Crippen MR) is 97.7 cm³/mol. The fourth-order valence-electron chi connectivity index (χ4n) is 3.04. The number of benzene rings is 1. The molecule has 0 bridgehead atoms. The minimum absolute atomic E-state index is 0.364. The molecule has 6 nitrogen and oxygen atoms in total. The van der Waals surface area contributed by atoms with E-state index in [1.807, 2.05) is 25.1 Å². The molecule has 1 fully saturated rings. The zero-order valence-electron chi connectivity index (χ0n) is 14.6. The lowest BCUT2D eigenvalue weighted by Crippen LogP contribution is -2.39. The van der Waals surface area contributed by atoms with Gasteiger partial charge in [0, 0.05) is 31.4 Å². The van der Waals surface area contributed by atoms with Crippen molar-refractivity contribution >= 4 is 15.8 Å². The molecule has 0 amide bonds. The van der Waals surface area contributed by atoms with E-state index in [0.29, 0.717) is 30.4 Å². The Morgan fingerprint density at radius 3 is 2.68 bits per heavy atom. The van der Waals surface area contributed by atoms with Crippen LogP contribution < -0.4 is 5.32 Å². The first kappa shape index (κ1) is 17.8. The van der Waals surface area contributed by atoms with Gasteiger partial charge in [0.05, 0.1) is 4.90 Å². The van der Waals surface area contributed by atoms with Crippen molar-refractivity contribution < 1.29 is 8.42 Å². The van der Waals surface area contributed by atoms with Gasteiger partial charge in [0.25, 0.3) is 0 Å². The number of hydrogen-bond acceptors (Lipinski definition) is 5. The van der Waals surface area contributed by atoms with Crippen LogP contribution >= 0.6 is 0 Å². The van der Waals surface area contributed by atoms with Gasteiger partial charge in [0.2, 0.25) is 10.0 Å². The van der Waals surface area contributed by atoms with Crippen LogP contribution in [0.25, 0.3) is 0 Å². The molecule has 0 radical (unpaired) electrons. The van der Waals surface area contributed by atoms with Crippen LogP contribution in [0.3, 0.4) is 0 Å². The number of anilines is 1. The van der Waals surface area contributed by atoms with E-state index in [0.717, 1.165) is 29.9 Å². The first-order chi connectivity index (χ1) is 11.9. The molecule has 1 aliphatic heterocycles. The smallest absolute Gasteiger partial charge is 0.243 e. The van der Waals surface area contributed by atoms with Crippen LogP contribution in [0.5, 0.6) is 0 Å². The Kier molecular flexibility index (Phi) is 5.34. The van der Waals surface area contributed by atoms with E-state index >= 15 is 0 Å². The number of aromatic nitrogens is 2. The normalized spacial score (nSPS) is 18.9. The average molecular weight is 360 g/mol. The summed E-state index contributed by atoms with van der Waals surface area (Å²) in [5.41, 5.74) is 1.90. The van der Waals surface area contributed by atoms with Gasteiger partial charge in [-0.05, 0) is 43.4 Å². The third-order valence-electron chi connectivity index (χ3n) is 4.46. The second-order valence-electron chi connectivity index (χ2n) is 6.65. The molecule has 7 heteroatoms. The Hall–Kier alpha value is -1.99. The third-order valence-corrected chi connectivity index (χ3v) is 6.34. The van der Waals surface area contributed by atoms with E-state index in [-0.39, 0.29) is 0 Å². The summed E-state index contributed by atoms with van der Waals surface area (Å²) in [6.45, 7) is 5.82. The number of piperidine rings is 1. The fourth-order valence-corrected chi connectivity index (χ4v) is 4.64. The largest absolute Gasteiger partial charge is 0.366 e. The van der Waals surface area contributed by atoms with E-state index in [1.165, 1.54) is 6.33 Å². The Bertz CT molecular complexity index is 821. The zero-order valence-corrected chi connectivity index (χ0v) is 15.5. The molecule has 0 spiro atoms. The molecule has 2 aromatic rings. The maximum Gasteiger partial charge on any atom is 0.243 e. The molecule has 1 saturated heterocycles. The summed E-state index contributed by atoms with van der Waals surface area (Å²) in [7, 11) is -3.39. The maximum atomic E-state index is 12.8. The van der Waals surface area contributed by atoms with E-state index in [1.54, 1.807) is 16.4 Å². The number of nitrogens with zero attached hydrogens (tertiary/aromatic N) is 3. The summed E-state index contributed by atoms with van der Waals surface area (Å²) in [5.74, 6) is 1.18. The van der Waals surface area contributed by atoms with Gasteiger partial charge in [0.15, 0.2) is 0 Å². The van der Waals surface area contributed by atoms with Crippen molar-refractivity contribution in [3.8, 4) is 0 Å². The molecular formula is C18H24N4O2S. The summed E-state index contributed by atoms with van der Waals surface area (Å²) >= 11 is 0. The molecule has 1 aromatic carbocycles. The van der Waals surface area contributed by atoms with E-state index in [2.05, 4.69) is 22.2 Å². The van der Waals surface area contributed by atoms with Crippen molar-refractivity contribution in [2.24, 2.45) is 5.92 Å². The highest BCUT2D eigenvalue weighted by Gasteiger charge is 2.28. The van der Waals surface area contributed by atoms with Crippen LogP contribution in [-0.4, -0.2) is 35.8 Å². The SMILES string of the molecule is Cc1cc(NCc2ccc(S(=O)(=O)N3CCCC(C)C3)cc2)ncn1. The van der Waals surface area contributed by atoms with Crippen LogP contribution in [0.2, 0.25) is 0 Å². The van der Waals surface area contributed by atoms with Crippen LogP contribution in [0.4, 0.5) is 5.82 Å². The Morgan fingerprint density at radius 2 is 2.00 bits per heavy atom. The lowest BCUT2D eigenvalue weighted by atomic mass is 10.0. The second-order valence-corrected chi connectivity index (χ2v) is 8.59. The van der Waals surface area contributed by atoms with Crippen molar-refractivity contribution in [2.45, 2.75) is 38.1 Å². The minimum atomic E-state index is -3.39. The lowest BCUT2D eigenvalue weighted by Gasteiger charge is -2.30. The van der Waals surface area contributed by atoms with Crippen LogP contribution in [-0.2, 0) is 16.6 Å². The molecule has 3 rings (SSSR count). The van der Waals surface area contributed by atoms with Gasteiger partial charge in [-0.25, -0.2) is 18.4 Å². The topological polar surface area (TPSA) is 75.2 Å². The van der Waals surface area contributed by atoms with Crippen LogP contribution in [0.15, 0.2) is 41.6 Å². The highest BCUT2D eigenvalue weighted by atomic mass is 32.2. The molecule has 1 N–H and O–H groups in total. The Morgan fingerprint density at radius 1 is 1.24 bits per heavy atom. The molecule has 134 valence electrons. The Labute approximate surface area is 149 Å². The lowest BCUT2D eigenvalue weighted by molar-refractivity contribution is 0.281. The van der Waals surface area contributed by atoms with Gasteiger partial charge in [-0.15, -0.1) is 0 Å². The molecule has 0 saturated carbocycles. The molecule has 1 aliphatic rings. The van der Waals surface area contributed by atoms with Gasteiger partial charge in [0.1, 0.15) is 12.1 Å². The number of aryl methyl sites for hydroxylation is 1. The van der Waals surface area contributed by atoms with Gasteiger partial charge in [-0.2, -0.15) is 4.31 Å². The van der Waals surface area contributed by atoms with Gasteiger partial charge < -0.3 is 5.32 Å². The number of sulfonamides is 1. The predicted octanol–water partition coefficient (Wildman–Crippen LogP) is 2.82. The molecule has 0 aliphatic carbocycles. The third kappa shape index (κ3) is 4.35. The molecule has 25 heavy (non-hydrogen) atoms. The first-order valence-corrected chi connectivity index (χ1v) is 10.0. The van der Waals surface area contributed by atoms with E-state index in [4.69, 9.17) is 0 Å². The van der Waals surface area contributed by atoms with Gasteiger partial charge in [-0.3, -0.25) is 0 Å². The monoisotopic (exact) mass is 360 g/mol. The van der Waals surface area contributed by atoms with Crippen molar-refractivity contribution in [3.05, 3.63) is 47.9 Å². The summed E-state index contributed by atoms with van der Waals surface area (Å²) in [6.07, 6.45) is 3.55. The fraction of sp³-hybridized carbons (Fsp3) is 0.444. The summed E-state index contributed by atoms with van der Waals surface area (Å²) < 4.78 is 27.1. The molecular weight excluding hydrogens is 336 g/mol. The van der Waals surface area contributed by atoms with Gasteiger partial charge in [-0.1, -0.05) is 19.1 Å². The van der Waals surface area contributed by atoms with Crippen LogP contribution in [0, 0.1) is 12.8 Å². The first-order valence-electron chi connectivity index (χ1n) is 8.57. The summed E-state index contributed by atoms with van der Waals surface area (Å²) in [6, 6.07) is 8.95. The highest BCUT2D eigenvalue weighted by Crippen LogP contribution is 2.23. The minimum Gasteiger partial charge on any atom is -0.366 e. The Balaban J connectivity index is 1.67. The molecule has 2 heterocycles. The quantitative estimate of drug-likeness (QED) is 0.887. The standard InChI is InChI=1S/C18H24N4O2S/c1-14-4-3-9-22(12-14)25(23,24)17-7-5-16(6-8-17)11-19-18-10-15(2)20-13-21-18/h5-8,10,13-14H,3-4,9,11-12H2,1-2H3,(H,19,20,21). The molecule has 1 atom stereocenters. The van der Waals surface area contributed by atoms with Crippen molar-refractivity contribution in [3.63, 3.8) is 0 Å². The summed E-state index contributed by atoms with van der Waals surface area (Å²) in [4.78, 5) is 8.58. The van der Waals surface area contributed by atoms with E-state index in [9.17, 15) is 8.42 Å². The number of nitrogens with one attached hydrogen (secondary N) is 1. The molecule has 1 aromatic heterocycles. The van der Waals surface area contributed by atoms with Crippen molar-refractivity contribution in [1.29, 1.82) is 0 Å². The molecule has 1 unspecified atom stereocenters. The van der Waals surface area contributed by atoms with Crippen molar-refractivity contribution in [2.75, 3.05) is 18.4 Å². The second kappa shape index (κ2) is 7.49. The summed E-state index contributed by atoms with van der Waals surface area (Å²) in [5, 5.41) is 3.22. The maximum absolute atomic E-state index is 12.8. The zero-order chi connectivity index (χ0) is 17.9. The highest BCUT2D eigenvalue weighted by molar-refractivity contribution is 7.89. The number of hydrogen-bond donors (Lipinski definition) is 1. The van der Waals surface area contributed by atoms with E-state index < -0.39 is 10.0 Å². The van der Waals surface area contributed by atoms with Gasteiger partial charge >= 0.3 is 0 Å². The van der Waals surface area contributed by atoms with Crippen molar-refractivity contribution in [1.82, 2.24) is 14.3 Å². The number of rotatable bonds is 5. The average Bonchev–Trinajstić information content (AvgIpc) is 2.60.